The van der Waals surface area contributed by atoms with Crippen molar-refractivity contribution in [2.45, 2.75) is 20.1 Å². The first-order valence-electron chi connectivity index (χ1n) is 10.5. The lowest BCUT2D eigenvalue weighted by Crippen LogP contribution is -2.27. The number of halogens is 2. The van der Waals surface area contributed by atoms with E-state index in [1.165, 1.54) is 12.1 Å². The number of benzene rings is 3. The third kappa shape index (κ3) is 5.70. The third-order valence-electron chi connectivity index (χ3n) is 5.25. The predicted molar refractivity (Wildman–Crippen MR) is 136 cm³/mol. The van der Waals surface area contributed by atoms with E-state index in [2.05, 4.69) is 0 Å². The molecule has 35 heavy (non-hydrogen) atoms. The summed E-state index contributed by atoms with van der Waals surface area (Å²) in [5.41, 5.74) is 2.35. The average Bonchev–Trinajstić information content (AvgIpc) is 3.10. The van der Waals surface area contributed by atoms with Crippen molar-refractivity contribution in [1.82, 2.24) is 4.90 Å². The normalized spacial score (nSPS) is 14.6. The number of aromatic hydroxyl groups is 1. The molecule has 3 aromatic rings. The van der Waals surface area contributed by atoms with Crippen LogP contribution in [0.4, 0.5) is 4.79 Å². The van der Waals surface area contributed by atoms with Crippen molar-refractivity contribution in [3.8, 4) is 5.75 Å². The molecule has 1 N–H and O–H groups in total. The van der Waals surface area contributed by atoms with Gasteiger partial charge in [-0.15, -0.1) is 0 Å². The number of phenols is 1. The second-order valence-electron chi connectivity index (χ2n) is 7.81. The highest BCUT2D eigenvalue weighted by Crippen LogP contribution is 2.35. The van der Waals surface area contributed by atoms with Gasteiger partial charge in [0, 0.05) is 0 Å². The van der Waals surface area contributed by atoms with E-state index in [0.717, 1.165) is 22.2 Å². The fourth-order valence-corrected chi connectivity index (χ4v) is 4.61. The number of amides is 2. The van der Waals surface area contributed by atoms with E-state index in [1.807, 2.05) is 30.3 Å². The number of hydrogen-bond donors (Lipinski definition) is 1. The monoisotopic (exact) mass is 527 g/mol. The Morgan fingerprint density at radius 3 is 2.49 bits per heavy atom. The van der Waals surface area contributed by atoms with E-state index >= 15 is 0 Å². The maximum Gasteiger partial charge on any atom is 0.342 e. The van der Waals surface area contributed by atoms with Crippen LogP contribution < -0.4 is 0 Å². The number of thioether (sulfide) groups is 1. The van der Waals surface area contributed by atoms with Gasteiger partial charge in [0.05, 0.1) is 21.5 Å². The van der Waals surface area contributed by atoms with E-state index in [9.17, 15) is 19.5 Å². The fraction of sp³-hybridized carbons (Fsp3) is 0.115. The molecule has 0 atom stereocenters. The lowest BCUT2D eigenvalue weighted by Gasteiger charge is -2.13. The van der Waals surface area contributed by atoms with Crippen molar-refractivity contribution in [1.29, 1.82) is 0 Å². The summed E-state index contributed by atoms with van der Waals surface area (Å²) in [5.74, 6) is -1.37. The number of nitrogens with zero attached hydrogens (tertiary/aromatic N) is 1. The quantitative estimate of drug-likeness (QED) is 0.287. The molecule has 2 amide bonds. The van der Waals surface area contributed by atoms with Gasteiger partial charge in [-0.3, -0.25) is 14.5 Å². The van der Waals surface area contributed by atoms with Gasteiger partial charge in [-0.1, -0.05) is 59.6 Å². The minimum atomic E-state index is -0.697. The van der Waals surface area contributed by atoms with Crippen LogP contribution in [0.5, 0.6) is 5.75 Å². The van der Waals surface area contributed by atoms with Crippen LogP contribution in [0.15, 0.2) is 65.6 Å². The SMILES string of the molecule is Cc1cc(/C=C2\SC(=O)N(Cc3ccc(Cl)c(Cl)c3)C2=O)cc(C(=O)OCc2ccccc2)c1O. The van der Waals surface area contributed by atoms with Gasteiger partial charge in [0.15, 0.2) is 0 Å². The molecule has 178 valence electrons. The van der Waals surface area contributed by atoms with Crippen LogP contribution in [0.25, 0.3) is 6.08 Å². The Bertz CT molecular complexity index is 1360. The number of ether oxygens (including phenoxy) is 1. The van der Waals surface area contributed by atoms with Gasteiger partial charge < -0.3 is 9.84 Å². The number of rotatable bonds is 6. The van der Waals surface area contributed by atoms with Crippen LogP contribution in [0.3, 0.4) is 0 Å². The van der Waals surface area contributed by atoms with Crippen molar-refractivity contribution in [2.75, 3.05) is 0 Å². The van der Waals surface area contributed by atoms with Crippen LogP contribution in [-0.2, 0) is 22.7 Å². The molecule has 0 aliphatic carbocycles. The van der Waals surface area contributed by atoms with Crippen molar-refractivity contribution < 1.29 is 24.2 Å². The molecule has 1 fully saturated rings. The zero-order valence-electron chi connectivity index (χ0n) is 18.5. The van der Waals surface area contributed by atoms with E-state index < -0.39 is 17.1 Å². The molecule has 3 aromatic carbocycles. The summed E-state index contributed by atoms with van der Waals surface area (Å²) < 4.78 is 5.34. The molecule has 0 saturated carbocycles. The highest BCUT2D eigenvalue weighted by atomic mass is 35.5. The van der Waals surface area contributed by atoms with E-state index in [1.54, 1.807) is 31.2 Å². The molecule has 0 bridgehead atoms. The highest BCUT2D eigenvalue weighted by molar-refractivity contribution is 8.18. The van der Waals surface area contributed by atoms with Crippen LogP contribution in [0.2, 0.25) is 10.0 Å². The molecule has 1 heterocycles. The van der Waals surface area contributed by atoms with E-state index in [4.69, 9.17) is 27.9 Å². The Hall–Kier alpha value is -3.26. The van der Waals surface area contributed by atoms with Gasteiger partial charge in [-0.05, 0) is 71.3 Å². The van der Waals surface area contributed by atoms with Crippen LogP contribution in [-0.4, -0.2) is 27.1 Å². The molecule has 1 aliphatic heterocycles. The summed E-state index contributed by atoms with van der Waals surface area (Å²) in [4.78, 5) is 39.4. The third-order valence-corrected chi connectivity index (χ3v) is 6.90. The van der Waals surface area contributed by atoms with E-state index in [-0.39, 0.29) is 29.4 Å². The highest BCUT2D eigenvalue weighted by Gasteiger charge is 2.35. The van der Waals surface area contributed by atoms with Gasteiger partial charge in [0.1, 0.15) is 17.9 Å². The summed E-state index contributed by atoms with van der Waals surface area (Å²) >= 11 is 12.8. The number of phenolic OH excluding ortho intramolecular Hbond substituents is 1. The number of hydrogen-bond acceptors (Lipinski definition) is 6. The van der Waals surface area contributed by atoms with Crippen LogP contribution in [0.1, 0.15) is 32.6 Å². The molecule has 6 nitrogen and oxygen atoms in total. The van der Waals surface area contributed by atoms with Gasteiger partial charge in [-0.25, -0.2) is 4.79 Å². The minimum Gasteiger partial charge on any atom is -0.507 e. The van der Waals surface area contributed by atoms with Crippen LogP contribution >= 0.6 is 35.0 Å². The second kappa shape index (κ2) is 10.6. The maximum absolute atomic E-state index is 12.9. The lowest BCUT2D eigenvalue weighted by molar-refractivity contribution is -0.123. The number of carbonyl (C=O) groups excluding carboxylic acids is 3. The van der Waals surface area contributed by atoms with Gasteiger partial charge in [0.2, 0.25) is 0 Å². The molecule has 9 heteroatoms. The zero-order valence-corrected chi connectivity index (χ0v) is 20.8. The summed E-state index contributed by atoms with van der Waals surface area (Å²) in [5, 5.41) is 10.7. The molecule has 1 aliphatic rings. The minimum absolute atomic E-state index is 0.0257. The van der Waals surface area contributed by atoms with E-state index in [0.29, 0.717) is 26.7 Å². The van der Waals surface area contributed by atoms with Crippen LogP contribution in [0, 0.1) is 6.92 Å². The molecule has 0 unspecified atom stereocenters. The first kappa shape index (κ1) is 24.9. The second-order valence-corrected chi connectivity index (χ2v) is 9.62. The molecule has 0 spiro atoms. The Kier molecular flexibility index (Phi) is 7.50. The van der Waals surface area contributed by atoms with Crippen molar-refractivity contribution in [3.05, 3.63) is 103 Å². The number of carbonyl (C=O) groups is 3. The topological polar surface area (TPSA) is 83.9 Å². The first-order valence-corrected chi connectivity index (χ1v) is 12.0. The molecule has 1 saturated heterocycles. The zero-order chi connectivity index (χ0) is 25.1. The molecular formula is C26H19Cl2NO5S. The van der Waals surface area contributed by atoms with Crippen molar-refractivity contribution >= 4 is 58.2 Å². The summed E-state index contributed by atoms with van der Waals surface area (Å²) in [6, 6.07) is 17.1. The number of imide groups is 1. The number of aryl methyl sites for hydroxylation is 1. The Labute approximate surface area is 216 Å². The summed E-state index contributed by atoms with van der Waals surface area (Å²) in [7, 11) is 0. The Balaban J connectivity index is 1.54. The largest absolute Gasteiger partial charge is 0.507 e. The Morgan fingerprint density at radius 1 is 1.03 bits per heavy atom. The smallest absolute Gasteiger partial charge is 0.342 e. The summed E-state index contributed by atoms with van der Waals surface area (Å²) in [6.07, 6.45) is 1.51. The van der Waals surface area contributed by atoms with Crippen molar-refractivity contribution in [2.24, 2.45) is 0 Å². The van der Waals surface area contributed by atoms with Gasteiger partial charge in [-0.2, -0.15) is 0 Å². The number of esters is 1. The lowest BCUT2D eigenvalue weighted by atomic mass is 10.0. The Morgan fingerprint density at radius 2 is 1.77 bits per heavy atom. The van der Waals surface area contributed by atoms with Gasteiger partial charge >= 0.3 is 5.97 Å². The molecule has 0 aromatic heterocycles. The standard InChI is InChI=1S/C26H19Cl2NO5S/c1-15-9-18(10-19(23(15)30)25(32)34-14-16-5-3-2-4-6-16)12-22-24(31)29(26(33)35-22)13-17-7-8-20(27)21(28)11-17/h2-12,30H,13-14H2,1H3/b22-12-. The molecule has 4 rings (SSSR count). The molecule has 0 radical (unpaired) electrons. The predicted octanol–water partition coefficient (Wildman–Crippen LogP) is 6.60. The van der Waals surface area contributed by atoms with Gasteiger partial charge in [0.25, 0.3) is 11.1 Å². The fourth-order valence-electron chi connectivity index (χ4n) is 3.46. The first-order chi connectivity index (χ1) is 16.7. The van der Waals surface area contributed by atoms with Crippen molar-refractivity contribution in [3.63, 3.8) is 0 Å². The maximum atomic E-state index is 12.9. The average molecular weight is 528 g/mol. The summed E-state index contributed by atoms with van der Waals surface area (Å²) in [6.45, 7) is 1.73. The molecular weight excluding hydrogens is 509 g/mol.